The second kappa shape index (κ2) is 6.30. The lowest BCUT2D eigenvalue weighted by molar-refractivity contribution is 0.181. The molecule has 0 aromatic carbocycles. The topological polar surface area (TPSA) is 47.0 Å². The predicted octanol–water partition coefficient (Wildman–Crippen LogP) is 2.90. The number of thiazole rings is 2. The van der Waals surface area contributed by atoms with Gasteiger partial charge in [-0.15, -0.1) is 22.7 Å². The van der Waals surface area contributed by atoms with E-state index < -0.39 is 0 Å². The van der Waals surface area contributed by atoms with Gasteiger partial charge in [-0.3, -0.25) is 0 Å². The van der Waals surface area contributed by atoms with Crippen LogP contribution in [-0.2, 0) is 24.3 Å². The Balaban J connectivity index is 1.71. The molecule has 2 heterocycles. The van der Waals surface area contributed by atoms with Gasteiger partial charge in [0.15, 0.2) is 0 Å². The lowest BCUT2D eigenvalue weighted by Gasteiger charge is -2.02. The summed E-state index contributed by atoms with van der Waals surface area (Å²) >= 11 is 3.50. The molecule has 108 valence electrons. The smallest absolute Gasteiger partial charge is 0.100 e. The molecular weight excluding hydrogens is 290 g/mol. The lowest BCUT2D eigenvalue weighted by Crippen LogP contribution is -2.15. The van der Waals surface area contributed by atoms with E-state index in [1.165, 1.54) is 17.7 Å². The summed E-state index contributed by atoms with van der Waals surface area (Å²) in [7, 11) is 1.72. The molecule has 0 unspecified atom stereocenters. The van der Waals surface area contributed by atoms with Crippen molar-refractivity contribution in [3.05, 3.63) is 31.7 Å². The zero-order chi connectivity index (χ0) is 13.9. The van der Waals surface area contributed by atoms with Gasteiger partial charge in [-0.2, -0.15) is 0 Å². The van der Waals surface area contributed by atoms with E-state index in [2.05, 4.69) is 15.7 Å². The molecule has 2 aromatic rings. The Labute approximate surface area is 127 Å². The standard InChI is InChI=1S/C14H19N3OS2/c1-9-8-19-13(16-9)5-14-17-11(7-18-2)12(20-14)6-15-10-3-4-10/h8,10,15H,3-7H2,1-2H3. The van der Waals surface area contributed by atoms with E-state index in [0.717, 1.165) is 40.4 Å². The monoisotopic (exact) mass is 309 g/mol. The molecule has 1 aliphatic carbocycles. The van der Waals surface area contributed by atoms with Crippen molar-refractivity contribution in [1.82, 2.24) is 15.3 Å². The summed E-state index contributed by atoms with van der Waals surface area (Å²) in [5.41, 5.74) is 2.17. The number of rotatable bonds is 7. The summed E-state index contributed by atoms with van der Waals surface area (Å²) < 4.78 is 5.26. The van der Waals surface area contributed by atoms with Gasteiger partial charge in [-0.1, -0.05) is 0 Å². The molecule has 20 heavy (non-hydrogen) atoms. The molecule has 4 nitrogen and oxygen atoms in total. The molecule has 0 spiro atoms. The fourth-order valence-electron chi connectivity index (χ4n) is 2.04. The van der Waals surface area contributed by atoms with Crippen molar-refractivity contribution in [2.24, 2.45) is 0 Å². The van der Waals surface area contributed by atoms with E-state index in [4.69, 9.17) is 9.72 Å². The molecule has 2 aromatic heterocycles. The Morgan fingerprint density at radius 3 is 2.85 bits per heavy atom. The van der Waals surface area contributed by atoms with E-state index >= 15 is 0 Å². The number of nitrogens with zero attached hydrogens (tertiary/aromatic N) is 2. The van der Waals surface area contributed by atoms with E-state index in [-0.39, 0.29) is 0 Å². The number of aryl methyl sites for hydroxylation is 1. The molecule has 0 aliphatic heterocycles. The first-order chi connectivity index (χ1) is 9.74. The first kappa shape index (κ1) is 14.1. The van der Waals surface area contributed by atoms with Crippen molar-refractivity contribution in [2.75, 3.05) is 7.11 Å². The van der Waals surface area contributed by atoms with Crippen LogP contribution in [-0.4, -0.2) is 23.1 Å². The van der Waals surface area contributed by atoms with Gasteiger partial charge in [0.25, 0.3) is 0 Å². The molecule has 1 N–H and O–H groups in total. The molecular formula is C14H19N3OS2. The molecule has 0 atom stereocenters. The van der Waals surface area contributed by atoms with Crippen LogP contribution in [0.4, 0.5) is 0 Å². The van der Waals surface area contributed by atoms with Crippen LogP contribution < -0.4 is 5.32 Å². The van der Waals surface area contributed by atoms with Crippen LogP contribution in [0, 0.1) is 6.92 Å². The minimum atomic E-state index is 0.592. The molecule has 1 fully saturated rings. The average Bonchev–Trinajstić information content (AvgIpc) is 3.05. The van der Waals surface area contributed by atoms with Gasteiger partial charge in [-0.05, 0) is 19.8 Å². The maximum absolute atomic E-state index is 5.26. The summed E-state index contributed by atoms with van der Waals surface area (Å²) in [5.74, 6) is 0. The number of aromatic nitrogens is 2. The van der Waals surface area contributed by atoms with E-state index in [1.807, 2.05) is 6.92 Å². The molecule has 0 radical (unpaired) electrons. The van der Waals surface area contributed by atoms with Crippen LogP contribution in [0.1, 0.15) is 39.1 Å². The molecule has 3 rings (SSSR count). The van der Waals surface area contributed by atoms with Crippen molar-refractivity contribution in [3.63, 3.8) is 0 Å². The third kappa shape index (κ3) is 3.63. The van der Waals surface area contributed by atoms with Gasteiger partial charge in [-0.25, -0.2) is 9.97 Å². The fraction of sp³-hybridized carbons (Fsp3) is 0.571. The summed E-state index contributed by atoms with van der Waals surface area (Å²) in [5, 5.41) is 7.93. The van der Waals surface area contributed by atoms with Gasteiger partial charge >= 0.3 is 0 Å². The van der Waals surface area contributed by atoms with Crippen LogP contribution in [0.3, 0.4) is 0 Å². The first-order valence-corrected chi connectivity index (χ1v) is 8.55. The highest BCUT2D eigenvalue weighted by molar-refractivity contribution is 7.12. The average molecular weight is 309 g/mol. The fourth-order valence-corrected chi connectivity index (χ4v) is 3.93. The first-order valence-electron chi connectivity index (χ1n) is 6.85. The van der Waals surface area contributed by atoms with Crippen LogP contribution in [0.15, 0.2) is 5.38 Å². The van der Waals surface area contributed by atoms with E-state index in [1.54, 1.807) is 29.8 Å². The molecule has 6 heteroatoms. The van der Waals surface area contributed by atoms with E-state index in [9.17, 15) is 0 Å². The Hall–Kier alpha value is -0.820. The summed E-state index contributed by atoms with van der Waals surface area (Å²) in [6, 6.07) is 0.720. The number of methoxy groups -OCH3 is 1. The van der Waals surface area contributed by atoms with Crippen molar-refractivity contribution in [1.29, 1.82) is 0 Å². The Kier molecular flexibility index (Phi) is 4.45. The van der Waals surface area contributed by atoms with Crippen LogP contribution in [0.25, 0.3) is 0 Å². The molecule has 1 saturated carbocycles. The van der Waals surface area contributed by atoms with Crippen LogP contribution in [0.2, 0.25) is 0 Å². The van der Waals surface area contributed by atoms with Gasteiger partial charge < -0.3 is 10.1 Å². The maximum Gasteiger partial charge on any atom is 0.100 e. The van der Waals surface area contributed by atoms with Crippen molar-refractivity contribution < 1.29 is 4.74 Å². The number of hydrogen-bond donors (Lipinski definition) is 1. The second-order valence-electron chi connectivity index (χ2n) is 5.13. The van der Waals surface area contributed by atoms with Crippen LogP contribution >= 0.6 is 22.7 Å². The molecule has 0 bridgehead atoms. The summed E-state index contributed by atoms with van der Waals surface area (Å²) in [4.78, 5) is 10.5. The maximum atomic E-state index is 5.26. The zero-order valence-electron chi connectivity index (χ0n) is 11.8. The van der Waals surface area contributed by atoms with E-state index in [0.29, 0.717) is 6.61 Å². The molecule has 1 aliphatic rings. The third-order valence-corrected chi connectivity index (χ3v) is 5.27. The Bertz CT molecular complexity index is 575. The minimum absolute atomic E-state index is 0.592. The highest BCUT2D eigenvalue weighted by Gasteiger charge is 2.21. The Morgan fingerprint density at radius 1 is 1.35 bits per heavy atom. The highest BCUT2D eigenvalue weighted by atomic mass is 32.1. The van der Waals surface area contributed by atoms with Crippen LogP contribution in [0.5, 0.6) is 0 Å². The predicted molar refractivity (Wildman–Crippen MR) is 82.3 cm³/mol. The second-order valence-corrected chi connectivity index (χ2v) is 7.24. The van der Waals surface area contributed by atoms with Crippen molar-refractivity contribution in [3.8, 4) is 0 Å². The van der Waals surface area contributed by atoms with Gasteiger partial charge in [0.2, 0.25) is 0 Å². The van der Waals surface area contributed by atoms with Gasteiger partial charge in [0, 0.05) is 35.6 Å². The normalized spacial score (nSPS) is 14.9. The van der Waals surface area contributed by atoms with Crippen molar-refractivity contribution >= 4 is 22.7 Å². The summed E-state index contributed by atoms with van der Waals surface area (Å²) in [6.45, 7) is 3.54. The van der Waals surface area contributed by atoms with Gasteiger partial charge in [0.1, 0.15) is 5.01 Å². The lowest BCUT2D eigenvalue weighted by atomic mass is 10.3. The zero-order valence-corrected chi connectivity index (χ0v) is 13.4. The minimum Gasteiger partial charge on any atom is -0.378 e. The van der Waals surface area contributed by atoms with Crippen molar-refractivity contribution in [2.45, 2.75) is 45.4 Å². The SMILES string of the molecule is COCc1nc(Cc2nc(C)cs2)sc1CNC1CC1. The number of nitrogens with one attached hydrogen (secondary N) is 1. The largest absolute Gasteiger partial charge is 0.378 e. The third-order valence-electron chi connectivity index (χ3n) is 3.20. The number of ether oxygens (including phenoxy) is 1. The number of hydrogen-bond acceptors (Lipinski definition) is 6. The Morgan fingerprint density at radius 2 is 2.20 bits per heavy atom. The molecule has 0 amide bonds. The highest BCUT2D eigenvalue weighted by Crippen LogP contribution is 2.25. The van der Waals surface area contributed by atoms with Gasteiger partial charge in [0.05, 0.1) is 23.7 Å². The quantitative estimate of drug-likeness (QED) is 0.854. The molecule has 0 saturated heterocycles. The summed E-state index contributed by atoms with van der Waals surface area (Å²) in [6.07, 6.45) is 3.46.